The van der Waals surface area contributed by atoms with Crippen molar-refractivity contribution < 1.29 is 14.0 Å². The summed E-state index contributed by atoms with van der Waals surface area (Å²) in [4.78, 5) is 26.8. The molecular weight excluding hydrogens is 260 g/mol. The zero-order chi connectivity index (χ0) is 14.2. The smallest absolute Gasteiger partial charge is 0.287 e. The molecule has 0 saturated carbocycles. The maximum atomic E-state index is 11.5. The lowest BCUT2D eigenvalue weighted by Crippen LogP contribution is -2.34. The van der Waals surface area contributed by atoms with Crippen molar-refractivity contribution in [3.8, 4) is 0 Å². The number of carbonyl (C=O) groups excluding carboxylic acids is 2. The molecule has 0 radical (unpaired) electrons. The summed E-state index contributed by atoms with van der Waals surface area (Å²) in [7, 11) is 0. The zero-order valence-corrected chi connectivity index (χ0v) is 10.4. The van der Waals surface area contributed by atoms with Gasteiger partial charge in [0.2, 0.25) is 0 Å². The van der Waals surface area contributed by atoms with Crippen LogP contribution in [-0.4, -0.2) is 29.6 Å². The summed E-state index contributed by atoms with van der Waals surface area (Å²) < 4.78 is 4.89. The van der Waals surface area contributed by atoms with E-state index in [0.717, 1.165) is 5.56 Å². The van der Waals surface area contributed by atoms with Gasteiger partial charge in [-0.2, -0.15) is 5.10 Å². The Hall–Kier alpha value is -2.96. The van der Waals surface area contributed by atoms with E-state index in [1.54, 1.807) is 30.6 Å². The van der Waals surface area contributed by atoms with Gasteiger partial charge in [0.05, 0.1) is 19.0 Å². The molecule has 0 unspecified atom stereocenters. The quantitative estimate of drug-likeness (QED) is 0.613. The molecule has 7 heteroatoms. The second-order valence-electron chi connectivity index (χ2n) is 3.74. The Morgan fingerprint density at radius 3 is 2.95 bits per heavy atom. The Morgan fingerprint density at radius 2 is 2.25 bits per heavy atom. The van der Waals surface area contributed by atoms with Gasteiger partial charge < -0.3 is 9.73 Å². The molecule has 0 aromatic carbocycles. The second-order valence-corrected chi connectivity index (χ2v) is 3.74. The number of hydrogen-bond acceptors (Lipinski definition) is 5. The molecule has 2 N–H and O–H groups in total. The van der Waals surface area contributed by atoms with Gasteiger partial charge >= 0.3 is 0 Å². The standard InChI is InChI=1S/C13H12N4O3/c18-12(9-15-13(19)11-4-2-6-20-11)17-16-8-10-3-1-5-14-7-10/h1-8H,9H2,(H,15,19)(H,17,18). The average Bonchev–Trinajstić information content (AvgIpc) is 3.00. The fourth-order valence-electron chi connectivity index (χ4n) is 1.33. The molecule has 2 rings (SSSR count). The van der Waals surface area contributed by atoms with Crippen LogP contribution in [0.2, 0.25) is 0 Å². The number of amides is 2. The molecule has 0 saturated heterocycles. The first-order valence-corrected chi connectivity index (χ1v) is 5.79. The molecule has 102 valence electrons. The van der Waals surface area contributed by atoms with Crippen molar-refractivity contribution in [2.24, 2.45) is 5.10 Å². The van der Waals surface area contributed by atoms with E-state index in [2.05, 4.69) is 20.8 Å². The van der Waals surface area contributed by atoms with Crippen LogP contribution in [0.1, 0.15) is 16.1 Å². The monoisotopic (exact) mass is 272 g/mol. The molecule has 20 heavy (non-hydrogen) atoms. The van der Waals surface area contributed by atoms with Crippen LogP contribution in [0.25, 0.3) is 0 Å². The Morgan fingerprint density at radius 1 is 1.35 bits per heavy atom. The van der Waals surface area contributed by atoms with E-state index in [1.165, 1.54) is 18.5 Å². The van der Waals surface area contributed by atoms with Crippen molar-refractivity contribution in [3.05, 3.63) is 54.2 Å². The molecule has 0 aliphatic carbocycles. The molecule has 7 nitrogen and oxygen atoms in total. The van der Waals surface area contributed by atoms with Gasteiger partial charge in [-0.25, -0.2) is 5.43 Å². The third kappa shape index (κ3) is 4.05. The first-order valence-electron chi connectivity index (χ1n) is 5.79. The summed E-state index contributed by atoms with van der Waals surface area (Å²) >= 11 is 0. The minimum atomic E-state index is -0.457. The van der Waals surface area contributed by atoms with Gasteiger partial charge in [-0.05, 0) is 18.2 Å². The molecule has 0 fully saturated rings. The molecule has 2 heterocycles. The Kier molecular flexibility index (Phi) is 4.60. The lowest BCUT2D eigenvalue weighted by Gasteiger charge is -2.01. The van der Waals surface area contributed by atoms with Crippen molar-refractivity contribution in [1.82, 2.24) is 15.7 Å². The third-order valence-electron chi connectivity index (χ3n) is 2.24. The Bertz CT molecular complexity index is 593. The highest BCUT2D eigenvalue weighted by Crippen LogP contribution is 1.98. The number of carbonyl (C=O) groups is 2. The van der Waals surface area contributed by atoms with Gasteiger partial charge in [0.25, 0.3) is 11.8 Å². The molecule has 0 bridgehead atoms. The molecule has 0 atom stereocenters. The summed E-state index contributed by atoms with van der Waals surface area (Å²) in [6, 6.07) is 6.65. The highest BCUT2D eigenvalue weighted by Gasteiger charge is 2.09. The van der Waals surface area contributed by atoms with E-state index in [4.69, 9.17) is 4.42 Å². The fourth-order valence-corrected chi connectivity index (χ4v) is 1.33. The SMILES string of the molecule is O=C(CNC(=O)c1ccco1)NN=Cc1cccnc1. The van der Waals surface area contributed by atoms with Crippen molar-refractivity contribution in [2.45, 2.75) is 0 Å². The molecule has 0 aliphatic heterocycles. The molecule has 0 aliphatic rings. The van der Waals surface area contributed by atoms with E-state index in [1.807, 2.05) is 0 Å². The van der Waals surface area contributed by atoms with Crippen LogP contribution in [0.5, 0.6) is 0 Å². The van der Waals surface area contributed by atoms with Crippen LogP contribution in [0.4, 0.5) is 0 Å². The number of nitrogens with one attached hydrogen (secondary N) is 2. The van der Waals surface area contributed by atoms with Crippen LogP contribution in [0.15, 0.2) is 52.4 Å². The van der Waals surface area contributed by atoms with E-state index in [9.17, 15) is 9.59 Å². The lowest BCUT2D eigenvalue weighted by molar-refractivity contribution is -0.120. The zero-order valence-electron chi connectivity index (χ0n) is 10.4. The molecule has 2 aromatic rings. The van der Waals surface area contributed by atoms with E-state index in [-0.39, 0.29) is 12.3 Å². The number of pyridine rings is 1. The number of aromatic nitrogens is 1. The average molecular weight is 272 g/mol. The largest absolute Gasteiger partial charge is 0.459 e. The molecule has 2 aromatic heterocycles. The number of furan rings is 1. The predicted molar refractivity (Wildman–Crippen MR) is 71.0 cm³/mol. The number of rotatable bonds is 5. The van der Waals surface area contributed by atoms with Gasteiger partial charge in [-0.15, -0.1) is 0 Å². The van der Waals surface area contributed by atoms with Crippen molar-refractivity contribution >= 4 is 18.0 Å². The highest BCUT2D eigenvalue weighted by molar-refractivity contribution is 5.94. The number of hydrogen-bond donors (Lipinski definition) is 2. The van der Waals surface area contributed by atoms with Crippen molar-refractivity contribution in [2.75, 3.05) is 6.54 Å². The minimum Gasteiger partial charge on any atom is -0.459 e. The summed E-state index contributed by atoms with van der Waals surface area (Å²) in [5, 5.41) is 6.15. The maximum Gasteiger partial charge on any atom is 0.287 e. The number of hydrazone groups is 1. The molecule has 0 spiro atoms. The first-order chi connectivity index (χ1) is 9.75. The molecular formula is C13H12N4O3. The maximum absolute atomic E-state index is 11.5. The van der Waals surface area contributed by atoms with Gasteiger partial charge in [0.15, 0.2) is 5.76 Å². The lowest BCUT2D eigenvalue weighted by atomic mass is 10.3. The number of nitrogens with zero attached hydrogens (tertiary/aromatic N) is 2. The fraction of sp³-hybridized carbons (Fsp3) is 0.0769. The van der Waals surface area contributed by atoms with Gasteiger partial charge in [0, 0.05) is 18.0 Å². The minimum absolute atomic E-state index is 0.150. The van der Waals surface area contributed by atoms with E-state index in [0.29, 0.717) is 0 Å². The summed E-state index contributed by atoms with van der Waals surface area (Å²) in [6.45, 7) is -0.191. The van der Waals surface area contributed by atoms with Crippen molar-refractivity contribution in [3.63, 3.8) is 0 Å². The van der Waals surface area contributed by atoms with Gasteiger partial charge in [-0.1, -0.05) is 6.07 Å². The molecule has 2 amide bonds. The van der Waals surface area contributed by atoms with Crippen LogP contribution >= 0.6 is 0 Å². The first kappa shape index (κ1) is 13.5. The van der Waals surface area contributed by atoms with Gasteiger partial charge in [0.1, 0.15) is 0 Å². The highest BCUT2D eigenvalue weighted by atomic mass is 16.3. The Labute approximate surface area is 114 Å². The second kappa shape index (κ2) is 6.83. The van der Waals surface area contributed by atoms with E-state index < -0.39 is 11.8 Å². The van der Waals surface area contributed by atoms with Crippen LogP contribution < -0.4 is 10.7 Å². The van der Waals surface area contributed by atoms with Crippen LogP contribution in [-0.2, 0) is 4.79 Å². The summed E-state index contributed by atoms with van der Waals surface area (Å²) in [6.07, 6.45) is 6.08. The predicted octanol–water partition coefficient (Wildman–Crippen LogP) is 0.555. The van der Waals surface area contributed by atoms with Crippen LogP contribution in [0.3, 0.4) is 0 Å². The Balaban J connectivity index is 1.73. The van der Waals surface area contributed by atoms with Crippen molar-refractivity contribution in [1.29, 1.82) is 0 Å². The third-order valence-corrected chi connectivity index (χ3v) is 2.24. The summed E-state index contributed by atoms with van der Waals surface area (Å²) in [5.41, 5.74) is 3.05. The normalized spacial score (nSPS) is 10.4. The topological polar surface area (TPSA) is 96.6 Å². The van der Waals surface area contributed by atoms with E-state index >= 15 is 0 Å². The summed E-state index contributed by atoms with van der Waals surface area (Å²) in [5.74, 6) is -0.747. The van der Waals surface area contributed by atoms with Crippen LogP contribution in [0, 0.1) is 0 Å². The van der Waals surface area contributed by atoms with Gasteiger partial charge in [-0.3, -0.25) is 14.6 Å².